The Morgan fingerprint density at radius 1 is 1.00 bits per heavy atom. The quantitative estimate of drug-likeness (QED) is 0.336. The van der Waals surface area contributed by atoms with Crippen LogP contribution < -0.4 is 0 Å². The minimum Gasteiger partial charge on any atom is -0.274 e. The molecule has 5 aromatic rings. The van der Waals surface area contributed by atoms with Crippen molar-refractivity contribution < 1.29 is 12.8 Å². The standard InChI is InChI=1S/C29H26FN5O2S/c1-19-12-27-21(14-32-35(27)23-10-8-22(30)9-11-23)13-25(19)29-18-34(38(36,37)24-15-31-33(2)16-24)17-26(29)28(29)20-6-4-3-5-7-20/h3-16,26,28H,17-18H2,1-2H3/t26-,28-,29+/m1/s1. The Balaban J connectivity index is 1.33. The van der Waals surface area contributed by atoms with Crippen molar-refractivity contribution in [2.45, 2.75) is 23.2 Å². The number of aryl methyl sites for hydroxylation is 2. The largest absolute Gasteiger partial charge is 0.274 e. The second kappa shape index (κ2) is 8.09. The summed E-state index contributed by atoms with van der Waals surface area (Å²) in [5.41, 5.74) is 4.87. The Morgan fingerprint density at radius 2 is 1.76 bits per heavy atom. The molecule has 0 spiro atoms. The van der Waals surface area contributed by atoms with Crippen LogP contribution in [0, 0.1) is 18.7 Å². The lowest BCUT2D eigenvalue weighted by Crippen LogP contribution is -2.34. The fourth-order valence-electron chi connectivity index (χ4n) is 6.55. The van der Waals surface area contributed by atoms with Crippen LogP contribution in [0.25, 0.3) is 16.6 Å². The van der Waals surface area contributed by atoms with E-state index in [2.05, 4.69) is 41.4 Å². The lowest BCUT2D eigenvalue weighted by Gasteiger charge is -2.25. The van der Waals surface area contributed by atoms with Crippen LogP contribution in [0.4, 0.5) is 4.39 Å². The van der Waals surface area contributed by atoms with Crippen molar-refractivity contribution >= 4 is 20.9 Å². The number of aromatic nitrogens is 4. The van der Waals surface area contributed by atoms with E-state index >= 15 is 0 Å². The smallest absolute Gasteiger partial charge is 0.246 e. The lowest BCUT2D eigenvalue weighted by molar-refractivity contribution is 0.421. The van der Waals surface area contributed by atoms with E-state index in [1.165, 1.54) is 28.6 Å². The van der Waals surface area contributed by atoms with Gasteiger partial charge in [0.1, 0.15) is 10.7 Å². The molecule has 1 aliphatic carbocycles. The Hall–Kier alpha value is -3.82. The number of hydrogen-bond donors (Lipinski definition) is 0. The molecule has 192 valence electrons. The molecule has 7 rings (SSSR count). The van der Waals surface area contributed by atoms with Gasteiger partial charge in [-0.05, 0) is 65.9 Å². The summed E-state index contributed by atoms with van der Waals surface area (Å²) < 4.78 is 45.5. The first kappa shape index (κ1) is 23.3. The van der Waals surface area contributed by atoms with Gasteiger partial charge in [0.05, 0.1) is 23.6 Å². The summed E-state index contributed by atoms with van der Waals surface area (Å²) in [6.07, 6.45) is 4.80. The third-order valence-electron chi connectivity index (χ3n) is 8.31. The van der Waals surface area contributed by atoms with Crippen molar-refractivity contribution in [3.63, 3.8) is 0 Å². The van der Waals surface area contributed by atoms with E-state index in [1.54, 1.807) is 29.7 Å². The fourth-order valence-corrected chi connectivity index (χ4v) is 8.06. The van der Waals surface area contributed by atoms with Crippen LogP contribution in [0.1, 0.15) is 22.6 Å². The summed E-state index contributed by atoms with van der Waals surface area (Å²) in [6.45, 7) is 2.96. The van der Waals surface area contributed by atoms with E-state index in [4.69, 9.17) is 0 Å². The molecule has 3 aromatic carbocycles. The molecule has 3 atom stereocenters. The highest BCUT2D eigenvalue weighted by atomic mass is 32.2. The summed E-state index contributed by atoms with van der Waals surface area (Å²) in [6, 6.07) is 21.0. The van der Waals surface area contributed by atoms with E-state index in [0.29, 0.717) is 13.1 Å². The van der Waals surface area contributed by atoms with Gasteiger partial charge in [-0.25, -0.2) is 17.5 Å². The summed E-state index contributed by atoms with van der Waals surface area (Å²) in [7, 11) is -1.94. The number of rotatable bonds is 5. The fraction of sp³-hybridized carbons (Fsp3) is 0.241. The van der Waals surface area contributed by atoms with Crippen molar-refractivity contribution in [2.24, 2.45) is 13.0 Å². The van der Waals surface area contributed by atoms with Crippen LogP contribution in [0.5, 0.6) is 0 Å². The van der Waals surface area contributed by atoms with Crippen molar-refractivity contribution in [2.75, 3.05) is 13.1 Å². The highest BCUT2D eigenvalue weighted by Gasteiger charge is 2.71. The van der Waals surface area contributed by atoms with Crippen LogP contribution in [0.3, 0.4) is 0 Å². The Kier molecular flexibility index (Phi) is 4.96. The number of benzene rings is 3. The molecule has 2 fully saturated rings. The topological polar surface area (TPSA) is 73.0 Å². The molecular formula is C29H26FN5O2S. The number of fused-ring (bicyclic) bond motifs is 2. The molecule has 0 radical (unpaired) electrons. The predicted molar refractivity (Wildman–Crippen MR) is 142 cm³/mol. The van der Waals surface area contributed by atoms with Crippen LogP contribution in [-0.2, 0) is 22.5 Å². The van der Waals surface area contributed by atoms with Gasteiger partial charge in [0.15, 0.2) is 0 Å². The molecular weight excluding hydrogens is 501 g/mol. The van der Waals surface area contributed by atoms with E-state index in [0.717, 1.165) is 27.7 Å². The van der Waals surface area contributed by atoms with Crippen LogP contribution in [0.15, 0.2) is 90.2 Å². The summed E-state index contributed by atoms with van der Waals surface area (Å²) >= 11 is 0. The monoisotopic (exact) mass is 527 g/mol. The molecule has 0 unspecified atom stereocenters. The molecule has 0 N–H and O–H groups in total. The van der Waals surface area contributed by atoms with Crippen LogP contribution in [-0.4, -0.2) is 45.4 Å². The molecule has 38 heavy (non-hydrogen) atoms. The average molecular weight is 528 g/mol. The molecule has 7 nitrogen and oxygen atoms in total. The Morgan fingerprint density at radius 3 is 2.47 bits per heavy atom. The third-order valence-corrected chi connectivity index (χ3v) is 10.1. The van der Waals surface area contributed by atoms with Gasteiger partial charge in [-0.15, -0.1) is 0 Å². The molecule has 1 aliphatic heterocycles. The van der Waals surface area contributed by atoms with E-state index in [-0.39, 0.29) is 28.0 Å². The highest BCUT2D eigenvalue weighted by molar-refractivity contribution is 7.89. The minimum absolute atomic E-state index is 0.166. The number of hydrogen-bond acceptors (Lipinski definition) is 4. The second-order valence-corrected chi connectivity index (χ2v) is 12.4. The number of sulfonamides is 1. The Bertz CT molecular complexity index is 1800. The zero-order chi connectivity index (χ0) is 26.2. The third kappa shape index (κ3) is 3.31. The molecule has 1 saturated heterocycles. The summed E-state index contributed by atoms with van der Waals surface area (Å²) in [5, 5.41) is 9.64. The van der Waals surface area contributed by atoms with Crippen molar-refractivity contribution in [1.82, 2.24) is 23.9 Å². The van der Waals surface area contributed by atoms with Crippen molar-refractivity contribution in [3.8, 4) is 5.69 Å². The second-order valence-electron chi connectivity index (χ2n) is 10.4. The van der Waals surface area contributed by atoms with Gasteiger partial charge >= 0.3 is 0 Å². The van der Waals surface area contributed by atoms with E-state index in [9.17, 15) is 12.8 Å². The van der Waals surface area contributed by atoms with E-state index in [1.807, 2.05) is 29.1 Å². The van der Waals surface area contributed by atoms with Gasteiger partial charge < -0.3 is 0 Å². The van der Waals surface area contributed by atoms with Crippen LogP contribution in [0.2, 0.25) is 0 Å². The lowest BCUT2D eigenvalue weighted by atomic mass is 9.87. The molecule has 2 aromatic heterocycles. The number of piperidine rings is 1. The first-order valence-corrected chi connectivity index (χ1v) is 14.0. The summed E-state index contributed by atoms with van der Waals surface area (Å²) in [4.78, 5) is 0.223. The summed E-state index contributed by atoms with van der Waals surface area (Å²) in [5.74, 6) is 0.105. The maximum absolute atomic E-state index is 13.5. The molecule has 9 heteroatoms. The molecule has 2 aliphatic rings. The first-order chi connectivity index (χ1) is 18.3. The van der Waals surface area contributed by atoms with Gasteiger partial charge in [0.25, 0.3) is 0 Å². The molecule has 0 bridgehead atoms. The maximum Gasteiger partial charge on any atom is 0.246 e. The van der Waals surface area contributed by atoms with Gasteiger partial charge in [0, 0.05) is 43.1 Å². The van der Waals surface area contributed by atoms with Gasteiger partial charge in [0.2, 0.25) is 10.0 Å². The highest BCUT2D eigenvalue weighted by Crippen LogP contribution is 2.70. The predicted octanol–water partition coefficient (Wildman–Crippen LogP) is 4.56. The molecule has 0 amide bonds. The Labute approximate surface area is 220 Å². The molecule has 3 heterocycles. The van der Waals surface area contributed by atoms with Gasteiger partial charge in [-0.3, -0.25) is 4.68 Å². The van der Waals surface area contributed by atoms with Crippen molar-refractivity contribution in [1.29, 1.82) is 0 Å². The van der Waals surface area contributed by atoms with Gasteiger partial charge in [-0.2, -0.15) is 14.5 Å². The molecule has 1 saturated carbocycles. The van der Waals surface area contributed by atoms with Gasteiger partial charge in [-0.1, -0.05) is 30.3 Å². The average Bonchev–Trinajstić information content (AvgIpc) is 3.34. The zero-order valence-corrected chi connectivity index (χ0v) is 21.8. The normalized spacial score (nSPS) is 23.1. The minimum atomic E-state index is -3.66. The zero-order valence-electron chi connectivity index (χ0n) is 21.0. The van der Waals surface area contributed by atoms with Crippen LogP contribution >= 0.6 is 0 Å². The number of halogens is 1. The SMILES string of the molecule is Cc1cc2c(cnn2-c2ccc(F)cc2)cc1[C@@]12CN(S(=O)(=O)c3cnn(C)c3)C[C@@H]1[C@H]2c1ccccc1. The first-order valence-electron chi connectivity index (χ1n) is 12.6. The number of nitrogens with zero attached hydrogens (tertiary/aromatic N) is 5. The van der Waals surface area contributed by atoms with E-state index < -0.39 is 10.0 Å². The maximum atomic E-state index is 13.5. The van der Waals surface area contributed by atoms with Crippen molar-refractivity contribution in [3.05, 3.63) is 108 Å².